The lowest BCUT2D eigenvalue weighted by Crippen LogP contribution is -2.38. The molecule has 31 heavy (non-hydrogen) atoms. The molecule has 0 fully saturated rings. The van der Waals surface area contributed by atoms with Gasteiger partial charge in [0.2, 0.25) is 6.79 Å². The predicted molar refractivity (Wildman–Crippen MR) is 130 cm³/mol. The average molecular weight is 534 g/mol. The average Bonchev–Trinajstić information content (AvgIpc) is 3.37. The van der Waals surface area contributed by atoms with E-state index in [1.165, 1.54) is 5.56 Å². The van der Waals surface area contributed by atoms with Crippen molar-refractivity contribution < 1.29 is 9.47 Å². The number of halogens is 1. The molecular formula is C22H27IN6O2. The van der Waals surface area contributed by atoms with E-state index >= 15 is 0 Å². The number of nitrogens with zero attached hydrogens (tertiary/aromatic N) is 4. The Labute approximate surface area is 199 Å². The lowest BCUT2D eigenvalue weighted by Gasteiger charge is -2.13. The number of guanidine groups is 1. The van der Waals surface area contributed by atoms with Crippen molar-refractivity contribution in [3.05, 3.63) is 71.3 Å². The molecule has 1 aliphatic heterocycles. The van der Waals surface area contributed by atoms with E-state index in [1.807, 2.05) is 48.9 Å². The molecule has 164 valence electrons. The second kappa shape index (κ2) is 11.0. The largest absolute Gasteiger partial charge is 0.454 e. The number of aliphatic imine (C=N–C) groups is 1. The van der Waals surface area contributed by atoms with E-state index in [9.17, 15) is 0 Å². The summed E-state index contributed by atoms with van der Waals surface area (Å²) < 4.78 is 12.8. The topological polar surface area (TPSA) is 85.6 Å². The van der Waals surface area contributed by atoms with Gasteiger partial charge in [-0.1, -0.05) is 36.4 Å². The van der Waals surface area contributed by atoms with Crippen molar-refractivity contribution in [1.82, 2.24) is 25.4 Å². The maximum absolute atomic E-state index is 5.46. The van der Waals surface area contributed by atoms with E-state index in [4.69, 9.17) is 14.5 Å². The summed E-state index contributed by atoms with van der Waals surface area (Å²) >= 11 is 0. The van der Waals surface area contributed by atoms with Crippen molar-refractivity contribution in [1.29, 1.82) is 0 Å². The standard InChI is InChI=1S/C22H26N6O2.HI/c1-16-26-27-21(28(16)2)14-25-22(24-13-18-6-4-3-5-7-18)23-11-10-17-8-9-19-20(12-17)30-15-29-19;/h3-9,12H,10-11,13-15H2,1-2H3,(H2,23,24,25);1H. The summed E-state index contributed by atoms with van der Waals surface area (Å²) in [7, 11) is 1.96. The van der Waals surface area contributed by atoms with Gasteiger partial charge in [0.05, 0.1) is 13.1 Å². The van der Waals surface area contributed by atoms with E-state index < -0.39 is 0 Å². The summed E-state index contributed by atoms with van der Waals surface area (Å²) in [6, 6.07) is 16.2. The van der Waals surface area contributed by atoms with Crippen LogP contribution in [-0.2, 0) is 26.6 Å². The first-order chi connectivity index (χ1) is 14.7. The molecule has 0 spiro atoms. The molecule has 1 aliphatic rings. The monoisotopic (exact) mass is 534 g/mol. The molecule has 0 atom stereocenters. The number of aromatic nitrogens is 3. The van der Waals surface area contributed by atoms with E-state index in [2.05, 4.69) is 39.0 Å². The Hall–Kier alpha value is -2.82. The number of ether oxygens (including phenoxy) is 2. The number of rotatable bonds is 7. The third-order valence-corrected chi connectivity index (χ3v) is 5.00. The molecule has 0 saturated carbocycles. The number of hydrogen-bond acceptors (Lipinski definition) is 5. The zero-order valence-corrected chi connectivity index (χ0v) is 20.0. The first-order valence-electron chi connectivity index (χ1n) is 9.98. The lowest BCUT2D eigenvalue weighted by molar-refractivity contribution is 0.174. The van der Waals surface area contributed by atoms with Crippen molar-refractivity contribution in [3.8, 4) is 11.5 Å². The molecule has 9 heteroatoms. The van der Waals surface area contributed by atoms with E-state index in [-0.39, 0.29) is 24.0 Å². The van der Waals surface area contributed by atoms with Crippen molar-refractivity contribution >= 4 is 29.9 Å². The molecular weight excluding hydrogens is 507 g/mol. The quantitative estimate of drug-likeness (QED) is 0.276. The predicted octanol–water partition coefficient (Wildman–Crippen LogP) is 2.95. The Morgan fingerprint density at radius 2 is 1.84 bits per heavy atom. The van der Waals surface area contributed by atoms with E-state index in [0.717, 1.165) is 47.6 Å². The molecule has 0 bridgehead atoms. The van der Waals surface area contributed by atoms with Crippen LogP contribution in [0.5, 0.6) is 11.5 Å². The van der Waals surface area contributed by atoms with Gasteiger partial charge in [-0.2, -0.15) is 0 Å². The third kappa shape index (κ3) is 6.09. The second-order valence-electron chi connectivity index (χ2n) is 7.09. The SMILES string of the molecule is Cc1nnc(CNC(=NCc2ccccc2)NCCc2ccc3c(c2)OCO3)n1C.I. The Morgan fingerprint density at radius 1 is 1.03 bits per heavy atom. The molecule has 0 amide bonds. The number of hydrogen-bond donors (Lipinski definition) is 2. The van der Waals surface area contributed by atoms with Gasteiger partial charge in [-0.3, -0.25) is 0 Å². The molecule has 2 heterocycles. The molecule has 0 unspecified atom stereocenters. The second-order valence-corrected chi connectivity index (χ2v) is 7.09. The summed E-state index contributed by atoms with van der Waals surface area (Å²) in [6.07, 6.45) is 0.839. The summed E-state index contributed by atoms with van der Waals surface area (Å²) in [4.78, 5) is 4.73. The Morgan fingerprint density at radius 3 is 2.61 bits per heavy atom. The van der Waals surface area contributed by atoms with Gasteiger partial charge in [-0.05, 0) is 36.6 Å². The van der Waals surface area contributed by atoms with Gasteiger partial charge in [0.25, 0.3) is 0 Å². The zero-order valence-electron chi connectivity index (χ0n) is 17.7. The van der Waals surface area contributed by atoms with Crippen LogP contribution in [-0.4, -0.2) is 34.1 Å². The fourth-order valence-corrected chi connectivity index (χ4v) is 3.12. The summed E-state index contributed by atoms with van der Waals surface area (Å²) in [6.45, 7) is 4.10. The first-order valence-corrected chi connectivity index (χ1v) is 9.98. The van der Waals surface area contributed by atoms with Gasteiger partial charge in [0.15, 0.2) is 23.3 Å². The molecule has 4 rings (SSSR count). The van der Waals surface area contributed by atoms with E-state index in [0.29, 0.717) is 19.9 Å². The van der Waals surface area contributed by atoms with Crippen LogP contribution in [0.25, 0.3) is 0 Å². The van der Waals surface area contributed by atoms with Crippen molar-refractivity contribution in [2.75, 3.05) is 13.3 Å². The number of aryl methyl sites for hydroxylation is 1. The first kappa shape index (κ1) is 22.9. The molecule has 1 aromatic heterocycles. The van der Waals surface area contributed by atoms with Crippen LogP contribution < -0.4 is 20.1 Å². The van der Waals surface area contributed by atoms with Gasteiger partial charge >= 0.3 is 0 Å². The van der Waals surface area contributed by atoms with Crippen molar-refractivity contribution in [3.63, 3.8) is 0 Å². The minimum atomic E-state index is 0. The van der Waals surface area contributed by atoms with Gasteiger partial charge in [-0.15, -0.1) is 34.2 Å². The van der Waals surface area contributed by atoms with Crippen LogP contribution in [0.3, 0.4) is 0 Å². The van der Waals surface area contributed by atoms with Crippen LogP contribution in [0.1, 0.15) is 22.8 Å². The fraction of sp³-hybridized carbons (Fsp3) is 0.318. The number of nitrogens with one attached hydrogen (secondary N) is 2. The Kier molecular flexibility index (Phi) is 8.10. The van der Waals surface area contributed by atoms with Crippen LogP contribution in [0.2, 0.25) is 0 Å². The van der Waals surface area contributed by atoms with Gasteiger partial charge in [0.1, 0.15) is 5.82 Å². The Bertz CT molecular complexity index is 1020. The maximum atomic E-state index is 5.46. The van der Waals surface area contributed by atoms with Gasteiger partial charge in [0, 0.05) is 13.6 Å². The molecule has 3 aromatic rings. The lowest BCUT2D eigenvalue weighted by atomic mass is 10.1. The number of fused-ring (bicyclic) bond motifs is 1. The van der Waals surface area contributed by atoms with Gasteiger partial charge < -0.3 is 24.7 Å². The van der Waals surface area contributed by atoms with Crippen molar-refractivity contribution in [2.45, 2.75) is 26.4 Å². The summed E-state index contributed by atoms with van der Waals surface area (Å²) in [5.41, 5.74) is 2.34. The van der Waals surface area contributed by atoms with E-state index in [1.54, 1.807) is 0 Å². The molecule has 0 saturated heterocycles. The molecule has 2 N–H and O–H groups in total. The highest BCUT2D eigenvalue weighted by atomic mass is 127. The highest BCUT2D eigenvalue weighted by Crippen LogP contribution is 2.32. The minimum Gasteiger partial charge on any atom is -0.454 e. The smallest absolute Gasteiger partial charge is 0.231 e. The normalized spacial score (nSPS) is 12.4. The third-order valence-electron chi connectivity index (χ3n) is 5.00. The highest BCUT2D eigenvalue weighted by molar-refractivity contribution is 14.0. The van der Waals surface area contributed by atoms with Crippen LogP contribution in [0.15, 0.2) is 53.5 Å². The number of benzene rings is 2. The molecule has 0 radical (unpaired) electrons. The van der Waals surface area contributed by atoms with Crippen LogP contribution >= 0.6 is 24.0 Å². The summed E-state index contributed by atoms with van der Waals surface area (Å²) in [5.74, 6) is 4.08. The van der Waals surface area contributed by atoms with Crippen LogP contribution in [0, 0.1) is 6.92 Å². The highest BCUT2D eigenvalue weighted by Gasteiger charge is 2.13. The van der Waals surface area contributed by atoms with Gasteiger partial charge in [-0.25, -0.2) is 4.99 Å². The maximum Gasteiger partial charge on any atom is 0.231 e. The molecule has 0 aliphatic carbocycles. The molecule has 8 nitrogen and oxygen atoms in total. The summed E-state index contributed by atoms with van der Waals surface area (Å²) in [5, 5.41) is 15.1. The zero-order chi connectivity index (χ0) is 20.8. The minimum absolute atomic E-state index is 0. The van der Waals surface area contributed by atoms with Crippen molar-refractivity contribution in [2.24, 2.45) is 12.0 Å². The van der Waals surface area contributed by atoms with Crippen LogP contribution in [0.4, 0.5) is 0 Å². The Balaban J connectivity index is 0.00000272. The fourth-order valence-electron chi connectivity index (χ4n) is 3.12. The molecule has 2 aromatic carbocycles.